The molecule has 0 aliphatic heterocycles. The second kappa shape index (κ2) is 6.19. The minimum Gasteiger partial charge on any atom is -0.378 e. The van der Waals surface area contributed by atoms with Crippen LogP contribution in [0.2, 0.25) is 0 Å². The molecule has 1 rings (SSSR count). The topological polar surface area (TPSA) is 15.3 Å². The maximum Gasteiger partial charge on any atom is 0.0686 e. The lowest BCUT2D eigenvalue weighted by molar-refractivity contribution is 0.592. The predicted octanol–water partition coefficient (Wildman–Crippen LogP) is 2.25. The summed E-state index contributed by atoms with van der Waals surface area (Å²) < 4.78 is 0. The first-order chi connectivity index (χ1) is 7.67. The number of nitrogens with zero attached hydrogens (tertiary/aromatic N) is 1. The maximum atomic E-state index is 5.39. The molecule has 0 aliphatic rings. The summed E-state index contributed by atoms with van der Waals surface area (Å²) in [4.78, 5) is 2.09. The molecule has 2 nitrogen and oxygen atoms in total. The molecule has 1 aromatic carbocycles. The van der Waals surface area contributed by atoms with Crippen molar-refractivity contribution in [2.75, 3.05) is 19.0 Å². The maximum absolute atomic E-state index is 5.39. The van der Waals surface area contributed by atoms with E-state index in [2.05, 4.69) is 47.3 Å². The highest BCUT2D eigenvalue weighted by Gasteiger charge is 2.01. The van der Waals surface area contributed by atoms with E-state index in [4.69, 9.17) is 6.42 Å². The van der Waals surface area contributed by atoms with Crippen molar-refractivity contribution in [3.63, 3.8) is 0 Å². The highest BCUT2D eigenvalue weighted by atomic mass is 15.1. The van der Waals surface area contributed by atoms with E-state index < -0.39 is 0 Å². The normalized spacial score (nSPS) is 11.9. The van der Waals surface area contributed by atoms with Gasteiger partial charge in [0.25, 0.3) is 0 Å². The van der Waals surface area contributed by atoms with Gasteiger partial charge in [-0.3, -0.25) is 5.32 Å². The average molecular weight is 216 g/mol. The Balaban J connectivity index is 2.53. The molecular weight excluding hydrogens is 196 g/mol. The van der Waals surface area contributed by atoms with E-state index in [1.165, 1.54) is 11.3 Å². The van der Waals surface area contributed by atoms with E-state index in [0.29, 0.717) is 0 Å². The third-order valence-corrected chi connectivity index (χ3v) is 2.61. The van der Waals surface area contributed by atoms with Crippen molar-refractivity contribution in [2.45, 2.75) is 25.9 Å². The molecule has 0 amide bonds. The fourth-order valence-corrected chi connectivity index (χ4v) is 1.47. The van der Waals surface area contributed by atoms with Crippen LogP contribution in [0.25, 0.3) is 0 Å². The lowest BCUT2D eigenvalue weighted by Crippen LogP contribution is -2.26. The Labute approximate surface area is 98.7 Å². The number of benzene rings is 1. The summed E-state index contributed by atoms with van der Waals surface area (Å²) in [6, 6.07) is 8.67. The third kappa shape index (κ3) is 3.60. The van der Waals surface area contributed by atoms with Crippen LogP contribution in [0.1, 0.15) is 18.9 Å². The van der Waals surface area contributed by atoms with E-state index in [9.17, 15) is 0 Å². The zero-order valence-corrected chi connectivity index (χ0v) is 10.3. The van der Waals surface area contributed by atoms with E-state index in [1.807, 2.05) is 14.1 Å². The van der Waals surface area contributed by atoms with Crippen molar-refractivity contribution in [3.8, 4) is 12.3 Å². The van der Waals surface area contributed by atoms with Crippen LogP contribution >= 0.6 is 0 Å². The molecule has 1 aromatic rings. The molecule has 86 valence electrons. The van der Waals surface area contributed by atoms with Crippen molar-refractivity contribution in [1.29, 1.82) is 0 Å². The van der Waals surface area contributed by atoms with Gasteiger partial charge in [-0.2, -0.15) is 0 Å². The van der Waals surface area contributed by atoms with Gasteiger partial charge >= 0.3 is 0 Å². The third-order valence-electron chi connectivity index (χ3n) is 2.61. The quantitative estimate of drug-likeness (QED) is 0.759. The molecule has 2 heteroatoms. The molecule has 0 saturated carbocycles. The highest BCUT2D eigenvalue weighted by Crippen LogP contribution is 2.12. The second-order valence-electron chi connectivity index (χ2n) is 4.07. The van der Waals surface area contributed by atoms with Gasteiger partial charge in [0.05, 0.1) is 6.04 Å². The molecule has 0 heterocycles. The van der Waals surface area contributed by atoms with Gasteiger partial charge < -0.3 is 4.90 Å². The molecule has 1 unspecified atom stereocenters. The Morgan fingerprint density at radius 3 is 2.38 bits per heavy atom. The highest BCUT2D eigenvalue weighted by molar-refractivity contribution is 5.45. The molecule has 1 atom stereocenters. The van der Waals surface area contributed by atoms with Crippen LogP contribution in [0.5, 0.6) is 0 Å². The summed E-state index contributed by atoms with van der Waals surface area (Å²) in [6.07, 6.45) is 6.36. The first kappa shape index (κ1) is 12.6. The van der Waals surface area contributed by atoms with Crippen molar-refractivity contribution >= 4 is 5.69 Å². The number of hydrogen-bond acceptors (Lipinski definition) is 2. The number of rotatable bonds is 5. The van der Waals surface area contributed by atoms with Crippen molar-refractivity contribution < 1.29 is 0 Å². The number of anilines is 1. The summed E-state index contributed by atoms with van der Waals surface area (Å²) in [5.74, 6) is 2.73. The largest absolute Gasteiger partial charge is 0.378 e. The second-order valence-corrected chi connectivity index (χ2v) is 4.07. The Morgan fingerprint density at radius 2 is 1.94 bits per heavy atom. The van der Waals surface area contributed by atoms with Gasteiger partial charge in [-0.1, -0.05) is 25.0 Å². The van der Waals surface area contributed by atoms with Crippen LogP contribution < -0.4 is 10.2 Å². The zero-order chi connectivity index (χ0) is 12.0. The number of terminal acetylenes is 1. The van der Waals surface area contributed by atoms with Crippen LogP contribution in [0, 0.1) is 12.3 Å². The van der Waals surface area contributed by atoms with Gasteiger partial charge in [-0.05, 0) is 24.1 Å². The van der Waals surface area contributed by atoms with Crippen molar-refractivity contribution in [3.05, 3.63) is 29.8 Å². The zero-order valence-electron chi connectivity index (χ0n) is 10.3. The molecule has 16 heavy (non-hydrogen) atoms. The Kier molecular flexibility index (Phi) is 4.88. The van der Waals surface area contributed by atoms with Gasteiger partial charge in [0.2, 0.25) is 0 Å². The van der Waals surface area contributed by atoms with Crippen molar-refractivity contribution in [2.24, 2.45) is 0 Å². The fourth-order valence-electron chi connectivity index (χ4n) is 1.47. The molecule has 0 saturated heterocycles. The number of hydrogen-bond donors (Lipinski definition) is 1. The van der Waals surface area contributed by atoms with Crippen LogP contribution in [-0.4, -0.2) is 20.1 Å². The SMILES string of the molecule is C#CC(CC)NCc1ccc(N(C)C)cc1. The summed E-state index contributed by atoms with van der Waals surface area (Å²) in [6.45, 7) is 2.92. The summed E-state index contributed by atoms with van der Waals surface area (Å²) in [5.41, 5.74) is 2.48. The molecular formula is C14H20N2. The molecule has 0 aromatic heterocycles. The molecule has 0 bridgehead atoms. The Bertz CT molecular complexity index is 346. The van der Waals surface area contributed by atoms with Gasteiger partial charge in [0.15, 0.2) is 0 Å². The van der Waals surface area contributed by atoms with E-state index in [1.54, 1.807) is 0 Å². The van der Waals surface area contributed by atoms with Crippen LogP contribution in [0.15, 0.2) is 24.3 Å². The van der Waals surface area contributed by atoms with E-state index >= 15 is 0 Å². The van der Waals surface area contributed by atoms with E-state index in [0.717, 1.165) is 13.0 Å². The van der Waals surface area contributed by atoms with Gasteiger partial charge in [0.1, 0.15) is 0 Å². The first-order valence-corrected chi connectivity index (χ1v) is 5.63. The summed E-state index contributed by atoms with van der Waals surface area (Å²) in [5, 5.41) is 3.33. The van der Waals surface area contributed by atoms with Gasteiger partial charge in [0, 0.05) is 26.3 Å². The minimum absolute atomic E-state index is 0.175. The van der Waals surface area contributed by atoms with Crippen LogP contribution in [-0.2, 0) is 6.54 Å². The van der Waals surface area contributed by atoms with E-state index in [-0.39, 0.29) is 6.04 Å². The smallest absolute Gasteiger partial charge is 0.0686 e. The molecule has 0 aliphatic carbocycles. The fraction of sp³-hybridized carbons (Fsp3) is 0.429. The summed E-state index contributed by atoms with van der Waals surface area (Å²) in [7, 11) is 4.08. The molecule has 0 spiro atoms. The average Bonchev–Trinajstić information content (AvgIpc) is 2.31. The van der Waals surface area contributed by atoms with Gasteiger partial charge in [-0.25, -0.2) is 0 Å². The predicted molar refractivity (Wildman–Crippen MR) is 70.5 cm³/mol. The number of nitrogens with one attached hydrogen (secondary N) is 1. The van der Waals surface area contributed by atoms with Crippen LogP contribution in [0.3, 0.4) is 0 Å². The minimum atomic E-state index is 0.175. The summed E-state index contributed by atoms with van der Waals surface area (Å²) >= 11 is 0. The molecule has 1 N–H and O–H groups in total. The lowest BCUT2D eigenvalue weighted by Gasteiger charge is -2.14. The Hall–Kier alpha value is -1.46. The lowest BCUT2D eigenvalue weighted by atomic mass is 10.1. The monoisotopic (exact) mass is 216 g/mol. The first-order valence-electron chi connectivity index (χ1n) is 5.63. The standard InChI is InChI=1S/C14H20N2/c1-5-13(6-2)15-11-12-7-9-14(10-8-12)16(3)4/h1,7-10,13,15H,6,11H2,2-4H3. The van der Waals surface area contributed by atoms with Gasteiger partial charge in [-0.15, -0.1) is 6.42 Å². The van der Waals surface area contributed by atoms with Crippen molar-refractivity contribution in [1.82, 2.24) is 5.32 Å². The Morgan fingerprint density at radius 1 is 1.31 bits per heavy atom. The molecule has 0 fully saturated rings. The van der Waals surface area contributed by atoms with Crippen LogP contribution in [0.4, 0.5) is 5.69 Å². The molecule has 0 radical (unpaired) electrons.